The molecule has 0 aliphatic carbocycles. The summed E-state index contributed by atoms with van der Waals surface area (Å²) in [6.07, 6.45) is 1.58. The number of benzene rings is 1. The lowest BCUT2D eigenvalue weighted by atomic mass is 10.2. The van der Waals surface area contributed by atoms with E-state index >= 15 is 0 Å². The van der Waals surface area contributed by atoms with Gasteiger partial charge in [-0.15, -0.1) is 0 Å². The SMILES string of the molecule is Cc1c(Cl)cnc(NC(=S)NCc2ccc(-c3ccc(Cl)cc3)o2)c1Br. The van der Waals surface area contributed by atoms with Crippen molar-refractivity contribution in [2.24, 2.45) is 0 Å². The maximum Gasteiger partial charge on any atom is 0.172 e. The topological polar surface area (TPSA) is 50.1 Å². The second kappa shape index (κ2) is 8.39. The highest BCUT2D eigenvalue weighted by molar-refractivity contribution is 9.10. The van der Waals surface area contributed by atoms with Crippen LogP contribution in [0.2, 0.25) is 10.0 Å². The third-order valence-electron chi connectivity index (χ3n) is 3.65. The zero-order valence-electron chi connectivity index (χ0n) is 13.6. The summed E-state index contributed by atoms with van der Waals surface area (Å²) in [5, 5.41) is 7.85. The van der Waals surface area contributed by atoms with E-state index in [9.17, 15) is 0 Å². The van der Waals surface area contributed by atoms with Crippen LogP contribution in [0.4, 0.5) is 5.82 Å². The van der Waals surface area contributed by atoms with Crippen LogP contribution < -0.4 is 10.6 Å². The van der Waals surface area contributed by atoms with Gasteiger partial charge in [0.2, 0.25) is 0 Å². The summed E-state index contributed by atoms with van der Waals surface area (Å²) in [7, 11) is 0. The van der Waals surface area contributed by atoms with Crippen LogP contribution in [0.15, 0.2) is 51.5 Å². The lowest BCUT2D eigenvalue weighted by Gasteiger charge is -2.12. The molecule has 0 fully saturated rings. The Morgan fingerprint density at radius 1 is 1.19 bits per heavy atom. The van der Waals surface area contributed by atoms with Crippen LogP contribution in [0.5, 0.6) is 0 Å². The summed E-state index contributed by atoms with van der Waals surface area (Å²) in [6, 6.07) is 11.3. The zero-order valence-corrected chi connectivity index (χ0v) is 17.6. The number of thiocarbonyl (C=S) groups is 1. The molecule has 3 rings (SSSR count). The molecular weight excluding hydrogens is 457 g/mol. The molecule has 2 aromatic heterocycles. The van der Waals surface area contributed by atoms with E-state index in [0.29, 0.717) is 27.5 Å². The van der Waals surface area contributed by atoms with Crippen LogP contribution in [0, 0.1) is 6.92 Å². The minimum Gasteiger partial charge on any atom is -0.459 e. The fourth-order valence-corrected chi connectivity index (χ4v) is 3.17. The van der Waals surface area contributed by atoms with Crippen LogP contribution in [0.3, 0.4) is 0 Å². The molecule has 0 spiro atoms. The first-order valence-electron chi connectivity index (χ1n) is 7.64. The molecule has 0 radical (unpaired) electrons. The number of hydrogen-bond acceptors (Lipinski definition) is 3. The highest BCUT2D eigenvalue weighted by Crippen LogP contribution is 2.29. The van der Waals surface area contributed by atoms with Gasteiger partial charge in [0, 0.05) is 16.8 Å². The molecular formula is C18H14BrCl2N3OS. The summed E-state index contributed by atoms with van der Waals surface area (Å²) in [5.41, 5.74) is 1.86. The molecule has 0 saturated carbocycles. The van der Waals surface area contributed by atoms with Crippen molar-refractivity contribution >= 4 is 62.3 Å². The summed E-state index contributed by atoms with van der Waals surface area (Å²) >= 11 is 20.7. The molecule has 4 nitrogen and oxygen atoms in total. The van der Waals surface area contributed by atoms with E-state index in [4.69, 9.17) is 39.8 Å². The van der Waals surface area contributed by atoms with Crippen LogP contribution in [0.25, 0.3) is 11.3 Å². The molecule has 0 unspecified atom stereocenters. The summed E-state index contributed by atoms with van der Waals surface area (Å²) in [6.45, 7) is 2.35. The van der Waals surface area contributed by atoms with E-state index in [1.54, 1.807) is 6.20 Å². The minimum atomic E-state index is 0.435. The van der Waals surface area contributed by atoms with Gasteiger partial charge in [0.05, 0.1) is 16.0 Å². The maximum atomic E-state index is 6.04. The zero-order chi connectivity index (χ0) is 18.7. The largest absolute Gasteiger partial charge is 0.459 e. The first-order valence-corrected chi connectivity index (χ1v) is 9.60. The van der Waals surface area contributed by atoms with E-state index in [-0.39, 0.29) is 0 Å². The lowest BCUT2D eigenvalue weighted by Crippen LogP contribution is -2.28. The van der Waals surface area contributed by atoms with Crippen molar-refractivity contribution in [2.45, 2.75) is 13.5 Å². The normalized spacial score (nSPS) is 10.6. The molecule has 2 N–H and O–H groups in total. The summed E-state index contributed by atoms with van der Waals surface area (Å²) in [5.74, 6) is 2.14. The fraction of sp³-hybridized carbons (Fsp3) is 0.111. The number of nitrogens with zero attached hydrogens (tertiary/aromatic N) is 1. The Bertz CT molecular complexity index is 944. The standard InChI is InChI=1S/C18H14BrCl2N3OS/c1-10-14(21)9-22-17(16(10)19)24-18(26)23-8-13-6-7-15(25-13)11-2-4-12(20)5-3-11/h2-7,9H,8H2,1H3,(H2,22,23,24,26). The number of halogens is 3. The van der Waals surface area contributed by atoms with Crippen molar-refractivity contribution in [3.8, 4) is 11.3 Å². The second-order valence-electron chi connectivity index (χ2n) is 5.47. The number of furan rings is 1. The smallest absolute Gasteiger partial charge is 0.172 e. The van der Waals surface area contributed by atoms with Gasteiger partial charge in [-0.2, -0.15) is 0 Å². The van der Waals surface area contributed by atoms with Gasteiger partial charge in [0.1, 0.15) is 17.3 Å². The molecule has 0 aliphatic heterocycles. The molecule has 3 aromatic rings. The van der Waals surface area contributed by atoms with Gasteiger partial charge in [0.25, 0.3) is 0 Å². The van der Waals surface area contributed by atoms with Gasteiger partial charge < -0.3 is 15.1 Å². The first kappa shape index (κ1) is 19.2. The van der Waals surface area contributed by atoms with Crippen LogP contribution >= 0.6 is 51.3 Å². The van der Waals surface area contributed by atoms with Crippen molar-refractivity contribution < 1.29 is 4.42 Å². The number of rotatable bonds is 4. The summed E-state index contributed by atoms with van der Waals surface area (Å²) in [4.78, 5) is 4.23. The van der Waals surface area contributed by atoms with Crippen LogP contribution in [0.1, 0.15) is 11.3 Å². The second-order valence-corrected chi connectivity index (χ2v) is 7.52. The Morgan fingerprint density at radius 2 is 1.92 bits per heavy atom. The van der Waals surface area contributed by atoms with Crippen molar-refractivity contribution in [3.05, 3.63) is 68.4 Å². The Balaban J connectivity index is 1.60. The van der Waals surface area contributed by atoms with E-state index < -0.39 is 0 Å². The van der Waals surface area contributed by atoms with Gasteiger partial charge in [0.15, 0.2) is 5.11 Å². The molecule has 0 saturated heterocycles. The van der Waals surface area contributed by atoms with E-state index in [0.717, 1.165) is 27.1 Å². The highest BCUT2D eigenvalue weighted by atomic mass is 79.9. The monoisotopic (exact) mass is 469 g/mol. The molecule has 134 valence electrons. The molecule has 26 heavy (non-hydrogen) atoms. The van der Waals surface area contributed by atoms with Crippen molar-refractivity contribution in [1.82, 2.24) is 10.3 Å². The molecule has 0 amide bonds. The van der Waals surface area contributed by atoms with Gasteiger partial charge in [-0.1, -0.05) is 23.2 Å². The van der Waals surface area contributed by atoms with E-state index in [2.05, 4.69) is 31.5 Å². The number of pyridine rings is 1. The number of anilines is 1. The molecule has 8 heteroatoms. The number of aromatic nitrogens is 1. The quantitative estimate of drug-likeness (QED) is 0.444. The van der Waals surface area contributed by atoms with Gasteiger partial charge in [-0.05, 0) is 77.0 Å². The number of nitrogens with one attached hydrogen (secondary N) is 2. The number of hydrogen-bond donors (Lipinski definition) is 2. The maximum absolute atomic E-state index is 6.04. The summed E-state index contributed by atoms with van der Waals surface area (Å²) < 4.78 is 6.61. The first-order chi connectivity index (χ1) is 12.4. The average molecular weight is 471 g/mol. The molecule has 2 heterocycles. The van der Waals surface area contributed by atoms with E-state index in [1.165, 1.54) is 0 Å². The minimum absolute atomic E-state index is 0.435. The Morgan fingerprint density at radius 3 is 2.65 bits per heavy atom. The van der Waals surface area contributed by atoms with Gasteiger partial charge in [-0.3, -0.25) is 0 Å². The fourth-order valence-electron chi connectivity index (χ4n) is 2.21. The van der Waals surface area contributed by atoms with Crippen molar-refractivity contribution in [3.63, 3.8) is 0 Å². The third kappa shape index (κ3) is 4.57. The Labute approximate surface area is 175 Å². The molecule has 1 aromatic carbocycles. The van der Waals surface area contributed by atoms with Crippen molar-refractivity contribution in [2.75, 3.05) is 5.32 Å². The van der Waals surface area contributed by atoms with Crippen LogP contribution in [-0.2, 0) is 6.54 Å². The van der Waals surface area contributed by atoms with Crippen LogP contribution in [-0.4, -0.2) is 10.1 Å². The average Bonchev–Trinajstić information content (AvgIpc) is 3.10. The predicted molar refractivity (Wildman–Crippen MR) is 114 cm³/mol. The molecule has 0 aliphatic rings. The van der Waals surface area contributed by atoms with Gasteiger partial charge in [-0.25, -0.2) is 4.98 Å². The van der Waals surface area contributed by atoms with Crippen molar-refractivity contribution in [1.29, 1.82) is 0 Å². The lowest BCUT2D eigenvalue weighted by molar-refractivity contribution is 0.516. The van der Waals surface area contributed by atoms with E-state index in [1.807, 2.05) is 43.3 Å². The molecule has 0 atom stereocenters. The van der Waals surface area contributed by atoms with Gasteiger partial charge >= 0.3 is 0 Å². The molecule has 0 bridgehead atoms. The predicted octanol–water partition coefficient (Wildman–Crippen LogP) is 6.21. The Hall–Kier alpha value is -1.60. The highest BCUT2D eigenvalue weighted by Gasteiger charge is 2.10. The third-order valence-corrected chi connectivity index (χ3v) is 5.50. The Kier molecular flexibility index (Phi) is 6.19.